The third kappa shape index (κ3) is 3.96. The van der Waals surface area contributed by atoms with E-state index in [1.165, 1.54) is 0 Å². The topological polar surface area (TPSA) is 47.6 Å². The Kier molecular flexibility index (Phi) is 5.83. The summed E-state index contributed by atoms with van der Waals surface area (Å²) in [6.45, 7) is 5.06. The largest absolute Gasteiger partial charge is 0.496 e. The average Bonchev–Trinajstić information content (AvgIpc) is 2.43. The molecule has 0 saturated carbocycles. The Morgan fingerprint density at radius 3 is 2.58 bits per heavy atom. The molecule has 0 aromatic heterocycles. The number of rotatable bonds is 7. The van der Waals surface area contributed by atoms with Crippen molar-refractivity contribution >= 4 is 5.91 Å². The Morgan fingerprint density at radius 1 is 1.26 bits per heavy atom. The lowest BCUT2D eigenvalue weighted by Gasteiger charge is -2.26. The van der Waals surface area contributed by atoms with Gasteiger partial charge in [-0.05, 0) is 26.3 Å². The summed E-state index contributed by atoms with van der Waals surface area (Å²) in [5.74, 6) is 0.729. The minimum Gasteiger partial charge on any atom is -0.496 e. The zero-order chi connectivity index (χ0) is 14.3. The molecule has 1 aromatic carbocycles. The van der Waals surface area contributed by atoms with Crippen molar-refractivity contribution in [1.82, 2.24) is 5.32 Å². The number of methoxy groups -OCH3 is 2. The molecule has 19 heavy (non-hydrogen) atoms. The van der Waals surface area contributed by atoms with Crippen LogP contribution in [0.2, 0.25) is 0 Å². The van der Waals surface area contributed by atoms with Crippen molar-refractivity contribution in [1.29, 1.82) is 0 Å². The summed E-state index contributed by atoms with van der Waals surface area (Å²) in [5, 5.41) is 2.93. The van der Waals surface area contributed by atoms with Gasteiger partial charge in [-0.1, -0.05) is 18.2 Å². The van der Waals surface area contributed by atoms with E-state index in [-0.39, 0.29) is 5.91 Å². The molecule has 1 aromatic rings. The molecule has 0 unspecified atom stereocenters. The summed E-state index contributed by atoms with van der Waals surface area (Å²) in [4.78, 5) is 12.3. The van der Waals surface area contributed by atoms with E-state index in [1.54, 1.807) is 14.2 Å². The van der Waals surface area contributed by atoms with Crippen LogP contribution in [0.4, 0.5) is 0 Å². The lowest BCUT2D eigenvalue weighted by Crippen LogP contribution is -2.40. The maximum absolute atomic E-state index is 12.3. The first-order valence-corrected chi connectivity index (χ1v) is 6.44. The summed E-state index contributed by atoms with van der Waals surface area (Å²) in [5.41, 5.74) is 0.265. The van der Waals surface area contributed by atoms with Crippen LogP contribution in [0.25, 0.3) is 0 Å². The van der Waals surface area contributed by atoms with Gasteiger partial charge in [0.1, 0.15) is 5.75 Å². The number of nitrogens with one attached hydrogen (secondary N) is 1. The Bertz CT molecular complexity index is 416. The monoisotopic (exact) mass is 265 g/mol. The third-order valence-electron chi connectivity index (χ3n) is 3.16. The average molecular weight is 265 g/mol. The van der Waals surface area contributed by atoms with Gasteiger partial charge >= 0.3 is 0 Å². The predicted octanol–water partition coefficient (Wildman–Crippen LogP) is 2.13. The molecule has 4 heteroatoms. The van der Waals surface area contributed by atoms with Gasteiger partial charge in [0.2, 0.25) is 5.91 Å². The summed E-state index contributed by atoms with van der Waals surface area (Å²) in [6, 6.07) is 7.61. The lowest BCUT2D eigenvalue weighted by atomic mass is 9.83. The first-order valence-electron chi connectivity index (χ1n) is 6.44. The molecule has 0 atom stereocenters. The standard InChI is InChI=1S/C15H23NO3/c1-15(2,14(17)16-10-7-11-18-3)12-8-5-6-9-13(12)19-4/h5-6,8-9H,7,10-11H2,1-4H3,(H,16,17). The van der Waals surface area contributed by atoms with Gasteiger partial charge in [0.15, 0.2) is 0 Å². The smallest absolute Gasteiger partial charge is 0.230 e. The molecule has 0 saturated heterocycles. The summed E-state index contributed by atoms with van der Waals surface area (Å²) < 4.78 is 10.3. The van der Waals surface area contributed by atoms with E-state index in [2.05, 4.69) is 5.32 Å². The van der Waals surface area contributed by atoms with Gasteiger partial charge in [0, 0.05) is 25.8 Å². The van der Waals surface area contributed by atoms with Crippen LogP contribution in [0.1, 0.15) is 25.8 Å². The Hall–Kier alpha value is -1.55. The SMILES string of the molecule is COCCCNC(=O)C(C)(C)c1ccccc1OC. The Morgan fingerprint density at radius 2 is 1.95 bits per heavy atom. The van der Waals surface area contributed by atoms with Crippen LogP contribution in [-0.4, -0.2) is 33.3 Å². The number of hydrogen-bond acceptors (Lipinski definition) is 3. The molecule has 0 heterocycles. The van der Waals surface area contributed by atoms with Gasteiger partial charge in [0.05, 0.1) is 12.5 Å². The van der Waals surface area contributed by atoms with Crippen molar-refractivity contribution in [2.75, 3.05) is 27.4 Å². The quantitative estimate of drug-likeness (QED) is 0.768. The van der Waals surface area contributed by atoms with E-state index >= 15 is 0 Å². The number of ether oxygens (including phenoxy) is 2. The van der Waals surface area contributed by atoms with Gasteiger partial charge < -0.3 is 14.8 Å². The summed E-state index contributed by atoms with van der Waals surface area (Å²) in [7, 11) is 3.27. The van der Waals surface area contributed by atoms with Crippen LogP contribution in [-0.2, 0) is 14.9 Å². The van der Waals surface area contributed by atoms with Gasteiger partial charge in [-0.15, -0.1) is 0 Å². The van der Waals surface area contributed by atoms with E-state index in [9.17, 15) is 4.79 Å². The van der Waals surface area contributed by atoms with Crippen molar-refractivity contribution < 1.29 is 14.3 Å². The Labute approximate surface area is 115 Å². The van der Waals surface area contributed by atoms with Crippen molar-refractivity contribution in [3.63, 3.8) is 0 Å². The molecule has 0 aliphatic heterocycles. The molecular formula is C15H23NO3. The maximum atomic E-state index is 12.3. The molecule has 1 rings (SSSR count). The Balaban J connectivity index is 2.75. The van der Waals surface area contributed by atoms with Crippen LogP contribution in [0.15, 0.2) is 24.3 Å². The fraction of sp³-hybridized carbons (Fsp3) is 0.533. The van der Waals surface area contributed by atoms with Gasteiger partial charge in [0.25, 0.3) is 0 Å². The van der Waals surface area contributed by atoms with Gasteiger partial charge in [-0.25, -0.2) is 0 Å². The van der Waals surface area contributed by atoms with Crippen LogP contribution in [0, 0.1) is 0 Å². The summed E-state index contributed by atoms with van der Waals surface area (Å²) >= 11 is 0. The number of para-hydroxylation sites is 1. The minimum absolute atomic E-state index is 0.00639. The molecule has 0 aliphatic rings. The molecule has 4 nitrogen and oxygen atoms in total. The van der Waals surface area contributed by atoms with Gasteiger partial charge in [-0.3, -0.25) is 4.79 Å². The highest BCUT2D eigenvalue weighted by Crippen LogP contribution is 2.31. The zero-order valence-corrected chi connectivity index (χ0v) is 12.2. The number of carbonyl (C=O) groups is 1. The van der Waals surface area contributed by atoms with Crippen molar-refractivity contribution in [3.8, 4) is 5.75 Å². The lowest BCUT2D eigenvalue weighted by molar-refractivity contribution is -0.125. The predicted molar refractivity (Wildman–Crippen MR) is 75.5 cm³/mol. The van der Waals surface area contributed by atoms with Crippen molar-refractivity contribution in [2.45, 2.75) is 25.7 Å². The second-order valence-electron chi connectivity index (χ2n) is 4.93. The van der Waals surface area contributed by atoms with Gasteiger partial charge in [-0.2, -0.15) is 0 Å². The molecule has 0 radical (unpaired) electrons. The van der Waals surface area contributed by atoms with Crippen molar-refractivity contribution in [2.24, 2.45) is 0 Å². The maximum Gasteiger partial charge on any atom is 0.230 e. The number of carbonyl (C=O) groups excluding carboxylic acids is 1. The molecule has 0 aliphatic carbocycles. The van der Waals surface area contributed by atoms with Crippen LogP contribution in [0.5, 0.6) is 5.75 Å². The van der Waals surface area contributed by atoms with E-state index in [1.807, 2.05) is 38.1 Å². The molecule has 1 amide bonds. The van der Waals surface area contributed by atoms with E-state index in [0.29, 0.717) is 13.2 Å². The highest BCUT2D eigenvalue weighted by Gasteiger charge is 2.32. The van der Waals surface area contributed by atoms with Crippen LogP contribution >= 0.6 is 0 Å². The van der Waals surface area contributed by atoms with Crippen molar-refractivity contribution in [3.05, 3.63) is 29.8 Å². The molecule has 106 valence electrons. The van der Waals surface area contributed by atoms with Crippen LogP contribution in [0.3, 0.4) is 0 Å². The molecule has 0 bridgehead atoms. The first-order chi connectivity index (χ1) is 9.04. The molecular weight excluding hydrogens is 242 g/mol. The highest BCUT2D eigenvalue weighted by atomic mass is 16.5. The second-order valence-corrected chi connectivity index (χ2v) is 4.93. The minimum atomic E-state index is -0.625. The number of benzene rings is 1. The number of amides is 1. The number of hydrogen-bond donors (Lipinski definition) is 1. The molecule has 0 spiro atoms. The fourth-order valence-electron chi connectivity index (χ4n) is 1.92. The molecule has 1 N–H and O–H groups in total. The van der Waals surface area contributed by atoms with E-state index in [0.717, 1.165) is 17.7 Å². The first kappa shape index (κ1) is 15.5. The highest BCUT2D eigenvalue weighted by molar-refractivity contribution is 5.88. The fourth-order valence-corrected chi connectivity index (χ4v) is 1.92. The zero-order valence-electron chi connectivity index (χ0n) is 12.2. The molecule has 0 fully saturated rings. The third-order valence-corrected chi connectivity index (χ3v) is 3.16. The van der Waals surface area contributed by atoms with E-state index in [4.69, 9.17) is 9.47 Å². The normalized spacial score (nSPS) is 11.2. The summed E-state index contributed by atoms with van der Waals surface area (Å²) in [6.07, 6.45) is 0.810. The second kappa shape index (κ2) is 7.14. The van der Waals surface area contributed by atoms with E-state index < -0.39 is 5.41 Å². The van der Waals surface area contributed by atoms with Crippen LogP contribution < -0.4 is 10.1 Å².